The van der Waals surface area contributed by atoms with Gasteiger partial charge in [-0.05, 0) is 44.7 Å². The number of hydrogen-bond donors (Lipinski definition) is 2. The van der Waals surface area contributed by atoms with E-state index in [1.807, 2.05) is 13.0 Å². The van der Waals surface area contributed by atoms with Gasteiger partial charge in [0, 0.05) is 18.0 Å². The van der Waals surface area contributed by atoms with Crippen molar-refractivity contribution in [2.24, 2.45) is 11.8 Å². The Hall–Kier alpha value is -1.68. The average molecular weight is 572 g/mol. The number of nitrogens with zero attached hydrogens (tertiary/aromatic N) is 1. The van der Waals surface area contributed by atoms with Crippen LogP contribution in [0.5, 0.6) is 0 Å². The van der Waals surface area contributed by atoms with Crippen molar-refractivity contribution in [2.75, 3.05) is 25.1 Å². The van der Waals surface area contributed by atoms with Crippen LogP contribution in [-0.2, 0) is 23.9 Å². The zero-order valence-electron chi connectivity index (χ0n) is 20.0. The van der Waals surface area contributed by atoms with Crippen LogP contribution in [0.1, 0.15) is 44.6 Å². The normalized spacial score (nSPS) is 31.1. The van der Waals surface area contributed by atoms with Gasteiger partial charge in [0.1, 0.15) is 11.6 Å². The minimum atomic E-state index is -1.13. The quantitative estimate of drug-likeness (QED) is 0.253. The number of nitrogens with one attached hydrogen (secondary N) is 1. The lowest BCUT2D eigenvalue weighted by Gasteiger charge is -2.34. The Bertz CT molecular complexity index is 972. The Balaban J connectivity index is 1.67. The maximum absolute atomic E-state index is 13.8. The first-order valence-corrected chi connectivity index (χ1v) is 13.5. The Morgan fingerprint density at radius 2 is 2.06 bits per heavy atom. The number of benzene rings is 1. The molecule has 4 rings (SSSR count). The van der Waals surface area contributed by atoms with Crippen molar-refractivity contribution in [1.82, 2.24) is 4.90 Å². The van der Waals surface area contributed by atoms with Gasteiger partial charge in [-0.15, -0.1) is 0 Å². The second-order valence-corrected chi connectivity index (χ2v) is 11.1. The molecule has 10 heteroatoms. The molecule has 3 fully saturated rings. The number of unbranched alkanes of at least 4 members (excludes halogenated alkanes) is 3. The molecule has 6 atom stereocenters. The molecule has 3 heterocycles. The highest BCUT2D eigenvalue weighted by molar-refractivity contribution is 9.09. The summed E-state index contributed by atoms with van der Waals surface area (Å²) < 4.78 is 11.7. The molecule has 1 unspecified atom stereocenters. The maximum Gasteiger partial charge on any atom is 0.312 e. The van der Waals surface area contributed by atoms with Crippen LogP contribution in [0.3, 0.4) is 0 Å². The smallest absolute Gasteiger partial charge is 0.312 e. The highest BCUT2D eigenvalue weighted by atomic mass is 79.9. The number of aliphatic hydroxyl groups excluding tert-OH is 1. The first kappa shape index (κ1) is 26.4. The molecule has 8 nitrogen and oxygen atoms in total. The number of esters is 1. The average Bonchev–Trinajstić information content (AvgIpc) is 3.40. The van der Waals surface area contributed by atoms with Gasteiger partial charge in [-0.1, -0.05) is 52.5 Å². The lowest BCUT2D eigenvalue weighted by molar-refractivity contribution is -0.154. The van der Waals surface area contributed by atoms with Gasteiger partial charge >= 0.3 is 5.97 Å². The predicted molar refractivity (Wildman–Crippen MR) is 134 cm³/mol. The van der Waals surface area contributed by atoms with Gasteiger partial charge in [-0.25, -0.2) is 0 Å². The summed E-state index contributed by atoms with van der Waals surface area (Å²) in [5.74, 6) is -2.63. The maximum atomic E-state index is 13.8. The molecule has 3 aliphatic rings. The van der Waals surface area contributed by atoms with Crippen LogP contribution in [-0.4, -0.2) is 70.1 Å². The first-order chi connectivity index (χ1) is 16.8. The van der Waals surface area contributed by atoms with Crippen molar-refractivity contribution in [2.45, 2.75) is 68.5 Å². The van der Waals surface area contributed by atoms with E-state index in [9.17, 15) is 14.4 Å². The lowest BCUT2D eigenvalue weighted by atomic mass is 9.70. The second kappa shape index (κ2) is 10.7. The van der Waals surface area contributed by atoms with Gasteiger partial charge in [0.05, 0.1) is 35.3 Å². The zero-order valence-corrected chi connectivity index (χ0v) is 22.3. The summed E-state index contributed by atoms with van der Waals surface area (Å²) in [4.78, 5) is 42.0. The first-order valence-electron chi connectivity index (χ1n) is 12.2. The van der Waals surface area contributed by atoms with E-state index in [-0.39, 0.29) is 29.9 Å². The SMILES string of the molecule is CCOC(=O)[C@@H]1[C@H]2O[C@@]3(CC2Br)[C@H](C(=O)Nc2c(C)cccc2Cl)N(CCCCCCO)C(=O)[C@@H]13. The molecule has 1 aromatic carbocycles. The molecule has 1 spiro atoms. The Labute approximate surface area is 218 Å². The monoisotopic (exact) mass is 570 g/mol. The third-order valence-electron chi connectivity index (χ3n) is 7.37. The molecule has 0 saturated carbocycles. The summed E-state index contributed by atoms with van der Waals surface area (Å²) in [5, 5.41) is 12.4. The fraction of sp³-hybridized carbons (Fsp3) is 0.640. The lowest BCUT2D eigenvalue weighted by Crippen LogP contribution is -2.54. The van der Waals surface area contributed by atoms with E-state index < -0.39 is 35.6 Å². The molecule has 192 valence electrons. The predicted octanol–water partition coefficient (Wildman–Crippen LogP) is 3.45. The number of carbonyl (C=O) groups excluding carboxylic acids is 3. The van der Waals surface area contributed by atoms with Gasteiger partial charge in [0.25, 0.3) is 0 Å². The van der Waals surface area contributed by atoms with Crippen LogP contribution in [0, 0.1) is 18.8 Å². The van der Waals surface area contributed by atoms with E-state index in [1.54, 1.807) is 24.0 Å². The molecule has 0 aliphatic carbocycles. The van der Waals surface area contributed by atoms with Crippen LogP contribution >= 0.6 is 27.5 Å². The summed E-state index contributed by atoms with van der Waals surface area (Å²) in [6, 6.07) is 4.45. The van der Waals surface area contributed by atoms with Crippen molar-refractivity contribution >= 4 is 51.0 Å². The number of para-hydroxylation sites is 1. The topological polar surface area (TPSA) is 105 Å². The molecule has 35 heavy (non-hydrogen) atoms. The van der Waals surface area contributed by atoms with E-state index in [2.05, 4.69) is 21.2 Å². The summed E-state index contributed by atoms with van der Waals surface area (Å²) in [7, 11) is 0. The van der Waals surface area contributed by atoms with Crippen molar-refractivity contribution in [3.05, 3.63) is 28.8 Å². The third-order valence-corrected chi connectivity index (χ3v) is 8.53. The van der Waals surface area contributed by atoms with Crippen molar-refractivity contribution in [1.29, 1.82) is 0 Å². The van der Waals surface area contributed by atoms with E-state index in [4.69, 9.17) is 26.2 Å². The van der Waals surface area contributed by atoms with Gasteiger partial charge in [-0.2, -0.15) is 0 Å². The number of amides is 2. The summed E-state index contributed by atoms with van der Waals surface area (Å²) in [6.07, 6.45) is 2.91. The van der Waals surface area contributed by atoms with Crippen LogP contribution in [0.25, 0.3) is 0 Å². The van der Waals surface area contributed by atoms with Gasteiger partial charge < -0.3 is 24.8 Å². The fourth-order valence-electron chi connectivity index (χ4n) is 5.91. The number of likely N-dealkylation sites (tertiary alicyclic amines) is 1. The van der Waals surface area contributed by atoms with Crippen LogP contribution in [0.2, 0.25) is 5.02 Å². The molecule has 0 aromatic heterocycles. The van der Waals surface area contributed by atoms with E-state index in [1.165, 1.54) is 0 Å². The highest BCUT2D eigenvalue weighted by Gasteiger charge is 2.76. The minimum absolute atomic E-state index is 0.124. The zero-order chi connectivity index (χ0) is 25.3. The molecule has 3 aliphatic heterocycles. The summed E-state index contributed by atoms with van der Waals surface area (Å²) in [6.45, 7) is 4.26. The number of halogens is 2. The number of aryl methyl sites for hydroxylation is 1. The molecule has 2 N–H and O–H groups in total. The van der Waals surface area contributed by atoms with Crippen LogP contribution in [0.4, 0.5) is 5.69 Å². The number of alkyl halides is 1. The molecule has 3 saturated heterocycles. The van der Waals surface area contributed by atoms with Gasteiger partial charge in [-0.3, -0.25) is 14.4 Å². The van der Waals surface area contributed by atoms with Gasteiger partial charge in [0.2, 0.25) is 11.8 Å². The number of hydrogen-bond acceptors (Lipinski definition) is 6. The van der Waals surface area contributed by atoms with Crippen molar-refractivity contribution in [3.63, 3.8) is 0 Å². The summed E-state index contributed by atoms with van der Waals surface area (Å²) in [5.41, 5.74) is 0.177. The van der Waals surface area contributed by atoms with E-state index in [0.717, 1.165) is 18.4 Å². The number of fused-ring (bicyclic) bond motifs is 1. The standard InChI is InChI=1S/C25H32BrClN2O6/c1-3-34-24(33)17-18-23(32)29(11-6-4-5-7-12-30)21(25(18)13-15(26)20(17)35-25)22(31)28-19-14(2)9-8-10-16(19)27/h8-10,15,17-18,20-21,30H,3-7,11-13H2,1-2H3,(H,28,31)/t15?,17-,18+,20-,21-,25+/m0/s1. The largest absolute Gasteiger partial charge is 0.466 e. The minimum Gasteiger partial charge on any atom is -0.466 e. The second-order valence-electron chi connectivity index (χ2n) is 9.51. The van der Waals surface area contributed by atoms with Crippen molar-refractivity contribution in [3.8, 4) is 0 Å². The molecule has 2 bridgehead atoms. The molecule has 1 aromatic rings. The number of carbonyl (C=O) groups is 3. The third kappa shape index (κ3) is 4.61. The van der Waals surface area contributed by atoms with Crippen LogP contribution in [0.15, 0.2) is 18.2 Å². The Morgan fingerprint density at radius 1 is 1.31 bits per heavy atom. The number of rotatable bonds is 10. The summed E-state index contributed by atoms with van der Waals surface area (Å²) >= 11 is 10.0. The Morgan fingerprint density at radius 3 is 2.74 bits per heavy atom. The van der Waals surface area contributed by atoms with E-state index >= 15 is 0 Å². The van der Waals surface area contributed by atoms with Crippen LogP contribution < -0.4 is 5.32 Å². The molecule has 2 amide bonds. The number of ether oxygens (including phenoxy) is 2. The van der Waals surface area contributed by atoms with E-state index in [0.29, 0.717) is 36.5 Å². The highest BCUT2D eigenvalue weighted by Crippen LogP contribution is 2.60. The molecular weight excluding hydrogens is 540 g/mol. The molecule has 0 radical (unpaired) electrons. The number of anilines is 1. The fourth-order valence-corrected chi connectivity index (χ4v) is 7.12. The molecular formula is C25H32BrClN2O6. The Kier molecular flexibility index (Phi) is 8.10. The van der Waals surface area contributed by atoms with Gasteiger partial charge in [0.15, 0.2) is 0 Å². The van der Waals surface area contributed by atoms with Crippen molar-refractivity contribution < 1.29 is 29.0 Å². The number of aliphatic hydroxyl groups is 1.